The third-order valence-corrected chi connectivity index (χ3v) is 6.21. The number of nitrogens with zero attached hydrogens (tertiary/aromatic N) is 3. The molecule has 0 atom stereocenters. The van der Waals surface area contributed by atoms with Crippen LogP contribution in [0.25, 0.3) is 11.0 Å². The Hall–Kier alpha value is -2.58. The highest BCUT2D eigenvalue weighted by Gasteiger charge is 2.15. The molecule has 0 saturated carbocycles. The summed E-state index contributed by atoms with van der Waals surface area (Å²) in [5, 5.41) is 3.38. The lowest BCUT2D eigenvalue weighted by molar-refractivity contribution is 0.292. The van der Waals surface area contributed by atoms with Crippen molar-refractivity contribution in [2.24, 2.45) is 0 Å². The van der Waals surface area contributed by atoms with Gasteiger partial charge in [-0.15, -0.1) is 0 Å². The van der Waals surface area contributed by atoms with Crippen molar-refractivity contribution in [1.29, 1.82) is 0 Å². The Balaban J connectivity index is 1.97. The number of sulfone groups is 1. The Bertz CT molecular complexity index is 1090. The van der Waals surface area contributed by atoms with E-state index in [-0.39, 0.29) is 4.90 Å². The Morgan fingerprint density at radius 1 is 1.07 bits per heavy atom. The van der Waals surface area contributed by atoms with E-state index in [4.69, 9.17) is 9.72 Å². The molecule has 1 heterocycles. The van der Waals surface area contributed by atoms with Gasteiger partial charge in [0.2, 0.25) is 5.95 Å². The molecule has 0 fully saturated rings. The fourth-order valence-corrected chi connectivity index (χ4v) is 4.01. The number of hydrogen-bond acceptors (Lipinski definition) is 6. The molecule has 0 radical (unpaired) electrons. The second kappa shape index (κ2) is 9.49. The summed E-state index contributed by atoms with van der Waals surface area (Å²) in [5.41, 5.74) is 2.45. The Labute approximate surface area is 178 Å². The number of fused-ring (bicyclic) bond motifs is 1. The molecule has 0 spiro atoms. The summed E-state index contributed by atoms with van der Waals surface area (Å²) in [4.78, 5) is 7.33. The quantitative estimate of drug-likeness (QED) is 0.525. The summed E-state index contributed by atoms with van der Waals surface area (Å²) in [7, 11) is -3.29. The van der Waals surface area contributed by atoms with Gasteiger partial charge >= 0.3 is 0 Å². The Morgan fingerprint density at radius 3 is 2.37 bits per heavy atom. The predicted molar refractivity (Wildman–Crippen MR) is 122 cm³/mol. The van der Waals surface area contributed by atoms with Crippen molar-refractivity contribution in [3.63, 3.8) is 0 Å². The largest absolute Gasteiger partial charge is 0.494 e. The SMILES string of the molecule is CCOc1ccc(Nc2nc3cc(S(C)(=O)=O)ccc3n2CCN(CC)CC)cc1. The van der Waals surface area contributed by atoms with Gasteiger partial charge in [-0.25, -0.2) is 13.4 Å². The molecule has 3 rings (SSSR count). The number of rotatable bonds is 10. The maximum Gasteiger partial charge on any atom is 0.208 e. The van der Waals surface area contributed by atoms with Gasteiger partial charge < -0.3 is 19.5 Å². The van der Waals surface area contributed by atoms with Crippen LogP contribution < -0.4 is 10.1 Å². The van der Waals surface area contributed by atoms with E-state index >= 15 is 0 Å². The van der Waals surface area contributed by atoms with Gasteiger partial charge in [-0.05, 0) is 62.5 Å². The van der Waals surface area contributed by atoms with Crippen LogP contribution in [0.4, 0.5) is 11.6 Å². The van der Waals surface area contributed by atoms with E-state index in [0.717, 1.165) is 43.1 Å². The molecule has 1 N–H and O–H groups in total. The molecule has 1 aromatic heterocycles. The van der Waals surface area contributed by atoms with Gasteiger partial charge in [0.25, 0.3) is 0 Å². The molecule has 0 saturated heterocycles. The normalized spacial score (nSPS) is 11.9. The molecule has 0 unspecified atom stereocenters. The molecule has 0 bridgehead atoms. The number of likely N-dealkylation sites (N-methyl/N-ethyl adjacent to an activating group) is 1. The van der Waals surface area contributed by atoms with Crippen molar-refractivity contribution in [2.75, 3.05) is 37.8 Å². The maximum absolute atomic E-state index is 12.0. The van der Waals surface area contributed by atoms with Crippen molar-refractivity contribution in [3.8, 4) is 5.75 Å². The van der Waals surface area contributed by atoms with Crippen molar-refractivity contribution in [3.05, 3.63) is 42.5 Å². The molecular formula is C22H30N4O3S. The number of hydrogen-bond donors (Lipinski definition) is 1. The molecule has 2 aromatic carbocycles. The van der Waals surface area contributed by atoms with Crippen LogP contribution in [0.5, 0.6) is 5.75 Å². The maximum atomic E-state index is 12.0. The van der Waals surface area contributed by atoms with E-state index in [2.05, 4.69) is 28.6 Å². The van der Waals surface area contributed by atoms with Crippen LogP contribution in [0.1, 0.15) is 20.8 Å². The van der Waals surface area contributed by atoms with Crippen molar-refractivity contribution < 1.29 is 13.2 Å². The zero-order chi connectivity index (χ0) is 21.7. The zero-order valence-electron chi connectivity index (χ0n) is 18.1. The molecule has 3 aromatic rings. The van der Waals surface area contributed by atoms with E-state index < -0.39 is 9.84 Å². The highest BCUT2D eigenvalue weighted by Crippen LogP contribution is 2.26. The van der Waals surface area contributed by atoms with Gasteiger partial charge in [0.15, 0.2) is 9.84 Å². The second-order valence-electron chi connectivity index (χ2n) is 7.12. The average Bonchev–Trinajstić information content (AvgIpc) is 3.06. The molecule has 30 heavy (non-hydrogen) atoms. The highest BCUT2D eigenvalue weighted by atomic mass is 32.2. The first-order chi connectivity index (χ1) is 14.4. The summed E-state index contributed by atoms with van der Waals surface area (Å²) in [6.07, 6.45) is 1.21. The molecule has 0 amide bonds. The van der Waals surface area contributed by atoms with Crippen molar-refractivity contribution >= 4 is 32.5 Å². The fourth-order valence-electron chi connectivity index (χ4n) is 3.37. The molecule has 0 aliphatic rings. The second-order valence-corrected chi connectivity index (χ2v) is 9.13. The van der Waals surface area contributed by atoms with E-state index in [1.807, 2.05) is 37.3 Å². The number of imidazole rings is 1. The predicted octanol–water partition coefficient (Wildman–Crippen LogP) is 3.92. The highest BCUT2D eigenvalue weighted by molar-refractivity contribution is 7.90. The molecule has 162 valence electrons. The smallest absolute Gasteiger partial charge is 0.208 e. The summed E-state index contributed by atoms with van der Waals surface area (Å²) in [5.74, 6) is 1.50. The zero-order valence-corrected chi connectivity index (χ0v) is 18.9. The van der Waals surface area contributed by atoms with E-state index in [0.29, 0.717) is 18.1 Å². The monoisotopic (exact) mass is 430 g/mol. The lowest BCUT2D eigenvalue weighted by Gasteiger charge is -2.19. The molecule has 0 aliphatic heterocycles. The molecule has 7 nitrogen and oxygen atoms in total. The van der Waals surface area contributed by atoms with Crippen LogP contribution in [-0.4, -0.2) is 55.4 Å². The van der Waals surface area contributed by atoms with Gasteiger partial charge in [-0.2, -0.15) is 0 Å². The van der Waals surface area contributed by atoms with Crippen LogP contribution >= 0.6 is 0 Å². The summed E-state index contributed by atoms with van der Waals surface area (Å²) >= 11 is 0. The minimum absolute atomic E-state index is 0.274. The molecule has 0 aliphatic carbocycles. The Kier molecular flexibility index (Phi) is 6.99. The molecule has 8 heteroatoms. The number of benzene rings is 2. The first-order valence-corrected chi connectivity index (χ1v) is 12.2. The standard InChI is InChI=1S/C22H30N4O3S/c1-5-25(6-2)14-15-26-21-13-12-19(30(4,27)28)16-20(21)24-22(26)23-17-8-10-18(11-9-17)29-7-3/h8-13,16H,5-7,14-15H2,1-4H3,(H,23,24). The van der Waals surface area contributed by atoms with Crippen LogP contribution in [0.3, 0.4) is 0 Å². The summed E-state index contributed by atoms with van der Waals surface area (Å²) in [6.45, 7) is 10.4. The van der Waals surface area contributed by atoms with Crippen LogP contribution in [0.2, 0.25) is 0 Å². The first kappa shape index (κ1) is 22.1. The minimum Gasteiger partial charge on any atom is -0.494 e. The van der Waals surface area contributed by atoms with Gasteiger partial charge in [-0.1, -0.05) is 13.8 Å². The van der Waals surface area contributed by atoms with Gasteiger partial charge in [0, 0.05) is 25.0 Å². The Morgan fingerprint density at radius 2 is 1.77 bits per heavy atom. The number of aromatic nitrogens is 2. The van der Waals surface area contributed by atoms with Gasteiger partial charge in [0.1, 0.15) is 5.75 Å². The van der Waals surface area contributed by atoms with Gasteiger partial charge in [-0.3, -0.25) is 0 Å². The summed E-state index contributed by atoms with van der Waals surface area (Å²) < 4.78 is 31.6. The topological polar surface area (TPSA) is 76.5 Å². The lowest BCUT2D eigenvalue weighted by Crippen LogP contribution is -2.27. The first-order valence-electron chi connectivity index (χ1n) is 10.3. The molecular weight excluding hydrogens is 400 g/mol. The van der Waals surface area contributed by atoms with Crippen LogP contribution in [0.15, 0.2) is 47.4 Å². The van der Waals surface area contributed by atoms with E-state index in [1.165, 1.54) is 6.26 Å². The number of anilines is 2. The summed E-state index contributed by atoms with van der Waals surface area (Å²) in [6, 6.07) is 12.8. The third-order valence-electron chi connectivity index (χ3n) is 5.10. The fraction of sp³-hybridized carbons (Fsp3) is 0.409. The van der Waals surface area contributed by atoms with Crippen LogP contribution in [-0.2, 0) is 16.4 Å². The number of nitrogens with one attached hydrogen (secondary N) is 1. The average molecular weight is 431 g/mol. The van der Waals surface area contributed by atoms with Gasteiger partial charge in [0.05, 0.1) is 22.5 Å². The third kappa shape index (κ3) is 5.12. The lowest BCUT2D eigenvalue weighted by atomic mass is 10.3. The van der Waals surface area contributed by atoms with E-state index in [9.17, 15) is 8.42 Å². The van der Waals surface area contributed by atoms with Crippen molar-refractivity contribution in [1.82, 2.24) is 14.5 Å². The van der Waals surface area contributed by atoms with Crippen LogP contribution in [0, 0.1) is 0 Å². The van der Waals surface area contributed by atoms with Crippen molar-refractivity contribution in [2.45, 2.75) is 32.2 Å². The van der Waals surface area contributed by atoms with E-state index in [1.54, 1.807) is 12.1 Å². The number of ether oxygens (including phenoxy) is 1. The minimum atomic E-state index is -3.29.